The van der Waals surface area contributed by atoms with Crippen molar-refractivity contribution in [1.29, 1.82) is 0 Å². The maximum atomic E-state index is 4.39. The lowest BCUT2D eigenvalue weighted by Crippen LogP contribution is -2.30. The Labute approximate surface area is 132 Å². The van der Waals surface area contributed by atoms with Crippen molar-refractivity contribution in [2.75, 3.05) is 19.6 Å². The molecule has 22 heavy (non-hydrogen) atoms. The number of hydrogen-bond donors (Lipinski definition) is 1. The molecular formula is C17H25N5. The third-order valence-electron chi connectivity index (χ3n) is 4.30. The molecule has 0 aliphatic carbocycles. The molecule has 3 heterocycles. The van der Waals surface area contributed by atoms with Crippen LogP contribution in [0.1, 0.15) is 24.6 Å². The summed E-state index contributed by atoms with van der Waals surface area (Å²) in [5, 5.41) is 7.86. The Kier molecular flexibility index (Phi) is 5.19. The molecule has 0 bridgehead atoms. The number of rotatable bonds is 7. The zero-order valence-electron chi connectivity index (χ0n) is 13.3. The van der Waals surface area contributed by atoms with Gasteiger partial charge in [0, 0.05) is 44.8 Å². The Morgan fingerprint density at radius 1 is 1.32 bits per heavy atom. The first-order valence-corrected chi connectivity index (χ1v) is 8.18. The van der Waals surface area contributed by atoms with E-state index in [-0.39, 0.29) is 0 Å². The zero-order valence-corrected chi connectivity index (χ0v) is 13.3. The molecular weight excluding hydrogens is 274 g/mol. The van der Waals surface area contributed by atoms with Crippen molar-refractivity contribution in [3.05, 3.63) is 48.0 Å². The average molecular weight is 299 g/mol. The largest absolute Gasteiger partial charge is 0.316 e. The van der Waals surface area contributed by atoms with Gasteiger partial charge < -0.3 is 5.32 Å². The van der Waals surface area contributed by atoms with Crippen LogP contribution in [0.5, 0.6) is 0 Å². The van der Waals surface area contributed by atoms with Gasteiger partial charge in [0.05, 0.1) is 5.69 Å². The number of aryl methyl sites for hydroxylation is 1. The van der Waals surface area contributed by atoms with Crippen LogP contribution in [0.2, 0.25) is 0 Å². The molecule has 3 rings (SSSR count). The summed E-state index contributed by atoms with van der Waals surface area (Å²) in [4.78, 5) is 6.77. The minimum Gasteiger partial charge on any atom is -0.316 e. The standard InChI is InChI=1S/C17H25N5/c1-2-22-17(6-9-20-22)14-21(13-16-5-8-19-11-16)12-15-4-3-7-18-10-15/h3-4,6-7,9-10,16,19H,2,5,8,11-14H2,1H3/t16-/m1/s1. The van der Waals surface area contributed by atoms with Gasteiger partial charge in [-0.15, -0.1) is 0 Å². The van der Waals surface area contributed by atoms with Gasteiger partial charge >= 0.3 is 0 Å². The number of hydrogen-bond acceptors (Lipinski definition) is 4. The Morgan fingerprint density at radius 2 is 2.27 bits per heavy atom. The molecule has 1 N–H and O–H groups in total. The van der Waals surface area contributed by atoms with Gasteiger partial charge in [0.15, 0.2) is 0 Å². The summed E-state index contributed by atoms with van der Waals surface area (Å²) in [7, 11) is 0. The molecule has 5 heteroatoms. The van der Waals surface area contributed by atoms with Crippen LogP contribution < -0.4 is 5.32 Å². The number of nitrogens with one attached hydrogen (secondary N) is 1. The van der Waals surface area contributed by atoms with Crippen molar-refractivity contribution in [3.63, 3.8) is 0 Å². The van der Waals surface area contributed by atoms with E-state index < -0.39 is 0 Å². The van der Waals surface area contributed by atoms with Crippen molar-refractivity contribution in [1.82, 2.24) is 25.0 Å². The first-order chi connectivity index (χ1) is 10.8. The van der Waals surface area contributed by atoms with Crippen LogP contribution in [0.15, 0.2) is 36.8 Å². The molecule has 118 valence electrons. The van der Waals surface area contributed by atoms with Crippen LogP contribution in [0, 0.1) is 5.92 Å². The molecule has 0 spiro atoms. The maximum absolute atomic E-state index is 4.39. The monoisotopic (exact) mass is 299 g/mol. The third-order valence-corrected chi connectivity index (χ3v) is 4.30. The van der Waals surface area contributed by atoms with E-state index >= 15 is 0 Å². The summed E-state index contributed by atoms with van der Waals surface area (Å²) in [6.07, 6.45) is 6.98. The summed E-state index contributed by atoms with van der Waals surface area (Å²) in [5.74, 6) is 0.745. The molecule has 1 atom stereocenters. The van der Waals surface area contributed by atoms with Crippen LogP contribution in [-0.2, 0) is 19.6 Å². The highest BCUT2D eigenvalue weighted by atomic mass is 15.3. The first-order valence-electron chi connectivity index (χ1n) is 8.18. The van der Waals surface area contributed by atoms with Gasteiger partial charge in [-0.1, -0.05) is 6.07 Å². The van der Waals surface area contributed by atoms with Crippen molar-refractivity contribution >= 4 is 0 Å². The number of aromatic nitrogens is 3. The van der Waals surface area contributed by atoms with Crippen LogP contribution in [0.4, 0.5) is 0 Å². The minimum absolute atomic E-state index is 0.745. The van der Waals surface area contributed by atoms with Gasteiger partial charge in [-0.05, 0) is 50.0 Å². The molecule has 1 saturated heterocycles. The van der Waals surface area contributed by atoms with Crippen molar-refractivity contribution in [3.8, 4) is 0 Å². The summed E-state index contributed by atoms with van der Waals surface area (Å²) in [5.41, 5.74) is 2.56. The van der Waals surface area contributed by atoms with E-state index in [1.165, 1.54) is 17.7 Å². The van der Waals surface area contributed by atoms with E-state index in [1.54, 1.807) is 0 Å². The quantitative estimate of drug-likeness (QED) is 0.848. The van der Waals surface area contributed by atoms with E-state index in [1.807, 2.05) is 24.7 Å². The predicted octanol–water partition coefficient (Wildman–Crippen LogP) is 1.91. The molecule has 2 aromatic heterocycles. The lowest BCUT2D eigenvalue weighted by atomic mass is 10.1. The van der Waals surface area contributed by atoms with Crippen LogP contribution in [0.3, 0.4) is 0 Å². The van der Waals surface area contributed by atoms with E-state index in [4.69, 9.17) is 0 Å². The average Bonchev–Trinajstić information content (AvgIpc) is 3.20. The highest BCUT2D eigenvalue weighted by molar-refractivity contribution is 5.09. The topological polar surface area (TPSA) is 46.0 Å². The fourth-order valence-corrected chi connectivity index (χ4v) is 3.18. The second-order valence-corrected chi connectivity index (χ2v) is 6.03. The highest BCUT2D eigenvalue weighted by Gasteiger charge is 2.19. The van der Waals surface area contributed by atoms with E-state index in [9.17, 15) is 0 Å². The van der Waals surface area contributed by atoms with Gasteiger partial charge in [-0.3, -0.25) is 14.6 Å². The van der Waals surface area contributed by atoms with Gasteiger partial charge in [0.25, 0.3) is 0 Å². The summed E-state index contributed by atoms with van der Waals surface area (Å²) < 4.78 is 2.09. The van der Waals surface area contributed by atoms with Crippen molar-refractivity contribution in [2.45, 2.75) is 33.0 Å². The fraction of sp³-hybridized carbons (Fsp3) is 0.529. The molecule has 0 saturated carbocycles. The third kappa shape index (κ3) is 3.93. The summed E-state index contributed by atoms with van der Waals surface area (Å²) >= 11 is 0. The Morgan fingerprint density at radius 3 is 3.00 bits per heavy atom. The molecule has 5 nitrogen and oxygen atoms in total. The molecule has 2 aromatic rings. The van der Waals surface area contributed by atoms with Crippen molar-refractivity contribution < 1.29 is 0 Å². The first kappa shape index (κ1) is 15.2. The molecule has 0 aromatic carbocycles. The Balaban J connectivity index is 1.70. The second-order valence-electron chi connectivity index (χ2n) is 6.03. The smallest absolute Gasteiger partial charge is 0.0524 e. The van der Waals surface area contributed by atoms with E-state index in [0.29, 0.717) is 0 Å². The Bertz CT molecular complexity index is 559. The van der Waals surface area contributed by atoms with Gasteiger partial charge in [0.1, 0.15) is 0 Å². The van der Waals surface area contributed by atoms with Crippen LogP contribution in [-0.4, -0.2) is 39.3 Å². The second kappa shape index (κ2) is 7.51. The van der Waals surface area contributed by atoms with Crippen molar-refractivity contribution in [2.24, 2.45) is 5.92 Å². The summed E-state index contributed by atoms with van der Waals surface area (Å²) in [6, 6.07) is 6.30. The van der Waals surface area contributed by atoms with E-state index in [0.717, 1.165) is 45.2 Å². The lowest BCUT2D eigenvalue weighted by Gasteiger charge is -2.25. The zero-order chi connectivity index (χ0) is 15.2. The van der Waals surface area contributed by atoms with E-state index in [2.05, 4.69) is 44.0 Å². The minimum atomic E-state index is 0.745. The molecule has 0 unspecified atom stereocenters. The van der Waals surface area contributed by atoms with Crippen LogP contribution >= 0.6 is 0 Å². The lowest BCUT2D eigenvalue weighted by molar-refractivity contribution is 0.214. The number of nitrogens with zero attached hydrogens (tertiary/aromatic N) is 4. The number of pyridine rings is 1. The predicted molar refractivity (Wildman–Crippen MR) is 87.2 cm³/mol. The molecule has 1 aliphatic rings. The molecule has 0 amide bonds. The normalized spacial score (nSPS) is 18.2. The molecule has 1 fully saturated rings. The maximum Gasteiger partial charge on any atom is 0.0524 e. The molecule has 1 aliphatic heterocycles. The summed E-state index contributed by atoms with van der Waals surface area (Å²) in [6.45, 7) is 8.36. The Hall–Kier alpha value is -1.72. The van der Waals surface area contributed by atoms with Gasteiger partial charge in [0.2, 0.25) is 0 Å². The fourth-order valence-electron chi connectivity index (χ4n) is 3.18. The SMILES string of the molecule is CCn1nccc1CN(Cc1cccnc1)C[C@@H]1CCNC1. The molecule has 0 radical (unpaired) electrons. The van der Waals surface area contributed by atoms with Crippen LogP contribution in [0.25, 0.3) is 0 Å². The van der Waals surface area contributed by atoms with Gasteiger partial charge in [-0.2, -0.15) is 5.10 Å². The van der Waals surface area contributed by atoms with Gasteiger partial charge in [-0.25, -0.2) is 0 Å². The highest BCUT2D eigenvalue weighted by Crippen LogP contribution is 2.15.